The highest BCUT2D eigenvalue weighted by atomic mass is 79.9. The van der Waals surface area contributed by atoms with E-state index < -0.39 is 17.1 Å². The van der Waals surface area contributed by atoms with E-state index in [1.165, 1.54) is 0 Å². The standard InChI is InChI=1S/C35H29BrN4O5/c1-44-27-13-7-23(8-14-27)32(31-33(41)39-35(43)40(34(31)42)26-11-9-25(36)10-12-26)37-18-17-24-20-38-30-16-15-28(19-29(24)30)45-21-22-5-3-2-4-6-22/h2-16,19-20,38,42H,17-18,21H2,1H3,(H,39,41,43). The number of halogens is 1. The molecule has 0 unspecified atom stereocenters. The van der Waals surface area contributed by atoms with Gasteiger partial charge >= 0.3 is 5.69 Å². The van der Waals surface area contributed by atoms with Crippen LogP contribution in [0, 0.1) is 0 Å². The Morgan fingerprint density at radius 1 is 0.933 bits per heavy atom. The van der Waals surface area contributed by atoms with Crippen molar-refractivity contribution in [1.29, 1.82) is 0 Å². The van der Waals surface area contributed by atoms with Crippen molar-refractivity contribution in [2.24, 2.45) is 4.99 Å². The van der Waals surface area contributed by atoms with Gasteiger partial charge in [-0.3, -0.25) is 14.8 Å². The summed E-state index contributed by atoms with van der Waals surface area (Å²) in [6.45, 7) is 0.752. The van der Waals surface area contributed by atoms with Crippen molar-refractivity contribution >= 4 is 32.5 Å². The zero-order valence-corrected chi connectivity index (χ0v) is 25.9. The molecule has 6 rings (SSSR count). The molecule has 0 amide bonds. The highest BCUT2D eigenvalue weighted by Crippen LogP contribution is 2.26. The first-order valence-corrected chi connectivity index (χ1v) is 15.0. The van der Waals surface area contributed by atoms with E-state index in [4.69, 9.17) is 14.5 Å². The zero-order valence-electron chi connectivity index (χ0n) is 24.3. The van der Waals surface area contributed by atoms with Gasteiger partial charge in [-0.2, -0.15) is 0 Å². The lowest BCUT2D eigenvalue weighted by Crippen LogP contribution is -2.33. The summed E-state index contributed by atoms with van der Waals surface area (Å²) >= 11 is 3.38. The lowest BCUT2D eigenvalue weighted by molar-refractivity contribution is 0.306. The second-order valence-electron chi connectivity index (χ2n) is 10.3. The van der Waals surface area contributed by atoms with E-state index in [9.17, 15) is 14.7 Å². The van der Waals surface area contributed by atoms with E-state index in [1.807, 2.05) is 54.7 Å². The Hall–Kier alpha value is -5.35. The molecule has 0 atom stereocenters. The molecule has 0 aliphatic rings. The number of aromatic amines is 2. The summed E-state index contributed by atoms with van der Waals surface area (Å²) < 4.78 is 13.2. The molecule has 10 heteroatoms. The molecule has 2 aromatic heterocycles. The Kier molecular flexibility index (Phi) is 8.65. The van der Waals surface area contributed by atoms with Crippen LogP contribution in [0.4, 0.5) is 0 Å². The second-order valence-corrected chi connectivity index (χ2v) is 11.2. The summed E-state index contributed by atoms with van der Waals surface area (Å²) in [5, 5.41) is 12.4. The molecule has 0 aliphatic carbocycles. The minimum Gasteiger partial charge on any atom is -0.497 e. The highest BCUT2D eigenvalue weighted by molar-refractivity contribution is 9.10. The van der Waals surface area contributed by atoms with Gasteiger partial charge in [0.1, 0.15) is 23.7 Å². The number of ether oxygens (including phenoxy) is 2. The Balaban J connectivity index is 1.35. The van der Waals surface area contributed by atoms with Crippen LogP contribution in [0.5, 0.6) is 17.4 Å². The van der Waals surface area contributed by atoms with Gasteiger partial charge in [0.2, 0.25) is 5.88 Å². The summed E-state index contributed by atoms with van der Waals surface area (Å²) in [6, 6.07) is 29.7. The Morgan fingerprint density at radius 2 is 1.67 bits per heavy atom. The molecule has 0 fully saturated rings. The number of aromatic hydroxyl groups is 1. The van der Waals surface area contributed by atoms with E-state index in [0.717, 1.165) is 36.8 Å². The van der Waals surface area contributed by atoms with Gasteiger partial charge in [0, 0.05) is 33.7 Å². The molecule has 2 heterocycles. The van der Waals surface area contributed by atoms with Gasteiger partial charge in [0.25, 0.3) is 5.56 Å². The van der Waals surface area contributed by atoms with Gasteiger partial charge in [0.05, 0.1) is 18.5 Å². The fourth-order valence-electron chi connectivity index (χ4n) is 5.11. The molecule has 9 nitrogen and oxygen atoms in total. The molecule has 4 aromatic carbocycles. The Labute approximate surface area is 266 Å². The van der Waals surface area contributed by atoms with Gasteiger partial charge in [-0.25, -0.2) is 9.36 Å². The monoisotopic (exact) mass is 664 g/mol. The van der Waals surface area contributed by atoms with Crippen LogP contribution in [0.1, 0.15) is 22.3 Å². The van der Waals surface area contributed by atoms with Crippen LogP contribution >= 0.6 is 15.9 Å². The summed E-state index contributed by atoms with van der Waals surface area (Å²) in [4.78, 5) is 36.6. The zero-order chi connectivity index (χ0) is 31.3. The number of fused-ring (bicyclic) bond motifs is 1. The fraction of sp³-hybridized carbons (Fsp3) is 0.114. The van der Waals surface area contributed by atoms with Crippen molar-refractivity contribution in [3.8, 4) is 23.1 Å². The summed E-state index contributed by atoms with van der Waals surface area (Å²) in [7, 11) is 1.56. The third-order valence-electron chi connectivity index (χ3n) is 7.41. The predicted octanol–water partition coefficient (Wildman–Crippen LogP) is 6.14. The number of benzene rings is 4. The fourth-order valence-corrected chi connectivity index (χ4v) is 5.38. The molecular formula is C35H29BrN4O5. The van der Waals surface area contributed by atoms with Crippen LogP contribution in [0.3, 0.4) is 0 Å². The number of hydrogen-bond donors (Lipinski definition) is 3. The first-order chi connectivity index (χ1) is 21.9. The maximum Gasteiger partial charge on any atom is 0.335 e. The van der Waals surface area contributed by atoms with Crippen LogP contribution in [-0.2, 0) is 13.0 Å². The first kappa shape index (κ1) is 29.7. The number of nitrogens with zero attached hydrogens (tertiary/aromatic N) is 2. The van der Waals surface area contributed by atoms with Crippen LogP contribution in [0.15, 0.2) is 122 Å². The number of methoxy groups -OCH3 is 1. The molecule has 0 bridgehead atoms. The quantitative estimate of drug-likeness (QED) is 0.152. The third-order valence-corrected chi connectivity index (χ3v) is 7.94. The van der Waals surface area contributed by atoms with Crippen molar-refractivity contribution in [2.75, 3.05) is 13.7 Å². The number of rotatable bonds is 10. The average Bonchev–Trinajstić information content (AvgIpc) is 3.46. The lowest BCUT2D eigenvalue weighted by Gasteiger charge is -2.14. The van der Waals surface area contributed by atoms with Gasteiger partial charge in [0.15, 0.2) is 0 Å². The topological polar surface area (TPSA) is 122 Å². The lowest BCUT2D eigenvalue weighted by atomic mass is 10.0. The van der Waals surface area contributed by atoms with Crippen molar-refractivity contribution in [3.63, 3.8) is 0 Å². The van der Waals surface area contributed by atoms with E-state index in [-0.39, 0.29) is 11.3 Å². The van der Waals surface area contributed by atoms with E-state index in [1.54, 1.807) is 55.6 Å². The summed E-state index contributed by atoms with van der Waals surface area (Å²) in [6.07, 6.45) is 2.47. The SMILES string of the molecule is COc1ccc(C(=NCCc2c[nH]c3ccc(OCc4ccccc4)cc23)c2c(O)n(-c3ccc(Br)cc3)c(=O)[nH]c2=O)cc1. The highest BCUT2D eigenvalue weighted by Gasteiger charge is 2.22. The van der Waals surface area contributed by atoms with Gasteiger partial charge in [-0.05, 0) is 84.3 Å². The number of aliphatic imine (C=N–C) groups is 1. The largest absolute Gasteiger partial charge is 0.497 e. The van der Waals surface area contributed by atoms with Crippen molar-refractivity contribution < 1.29 is 14.6 Å². The number of nitrogens with one attached hydrogen (secondary N) is 2. The van der Waals surface area contributed by atoms with E-state index >= 15 is 0 Å². The van der Waals surface area contributed by atoms with Crippen molar-refractivity contribution in [2.45, 2.75) is 13.0 Å². The third kappa shape index (κ3) is 6.46. The van der Waals surface area contributed by atoms with Crippen molar-refractivity contribution in [1.82, 2.24) is 14.5 Å². The van der Waals surface area contributed by atoms with Gasteiger partial charge < -0.3 is 19.6 Å². The molecule has 0 saturated heterocycles. The van der Waals surface area contributed by atoms with Gasteiger partial charge in [-0.15, -0.1) is 0 Å². The molecule has 226 valence electrons. The Bertz CT molecular complexity index is 2100. The second kappa shape index (κ2) is 13.1. The molecule has 0 spiro atoms. The molecule has 0 aliphatic heterocycles. The Morgan fingerprint density at radius 3 is 2.40 bits per heavy atom. The summed E-state index contributed by atoms with van der Waals surface area (Å²) in [5.41, 5.74) is 2.65. The normalized spacial score (nSPS) is 11.6. The maximum absolute atomic E-state index is 13.2. The summed E-state index contributed by atoms with van der Waals surface area (Å²) in [5.74, 6) is 0.870. The first-order valence-electron chi connectivity index (χ1n) is 14.2. The molecule has 6 aromatic rings. The average molecular weight is 666 g/mol. The molecule has 45 heavy (non-hydrogen) atoms. The van der Waals surface area contributed by atoms with Crippen LogP contribution in [0.2, 0.25) is 0 Å². The van der Waals surface area contributed by atoms with Crippen molar-refractivity contribution in [3.05, 3.63) is 151 Å². The minimum atomic E-state index is -0.762. The van der Waals surface area contributed by atoms with Crippen LogP contribution in [-0.4, -0.2) is 39.0 Å². The predicted molar refractivity (Wildman–Crippen MR) is 178 cm³/mol. The molecule has 3 N–H and O–H groups in total. The van der Waals surface area contributed by atoms with E-state index in [0.29, 0.717) is 36.6 Å². The number of aromatic nitrogens is 3. The smallest absolute Gasteiger partial charge is 0.335 e. The number of hydrogen-bond acceptors (Lipinski definition) is 6. The van der Waals surface area contributed by atoms with Crippen LogP contribution < -0.4 is 20.7 Å². The van der Waals surface area contributed by atoms with Gasteiger partial charge in [-0.1, -0.05) is 46.3 Å². The molecular weight excluding hydrogens is 636 g/mol. The molecule has 0 radical (unpaired) electrons. The van der Waals surface area contributed by atoms with Crippen LogP contribution in [0.25, 0.3) is 16.6 Å². The minimum absolute atomic E-state index is 0.113. The van der Waals surface area contributed by atoms with E-state index in [2.05, 4.69) is 25.9 Å². The maximum atomic E-state index is 13.2. The number of H-pyrrole nitrogens is 2. The molecule has 0 saturated carbocycles.